The summed E-state index contributed by atoms with van der Waals surface area (Å²) >= 11 is 3.42. The molecule has 0 bridgehead atoms. The Labute approximate surface area is 127 Å². The standard InChI is InChI=1S/C15H18BrNO3/c1-15(2,3)20-14(19)17-12-7-10-6-11(16)5-4-9(10)8-13(12)18/h4-6,12H,7-8H2,1-3H3,(H,17,19)/t12-/m0/s1. The van der Waals surface area contributed by atoms with Crippen LogP contribution in [0.25, 0.3) is 0 Å². The zero-order valence-electron chi connectivity index (χ0n) is 11.8. The second kappa shape index (κ2) is 5.56. The van der Waals surface area contributed by atoms with Crippen LogP contribution in [0.2, 0.25) is 0 Å². The molecule has 0 aliphatic heterocycles. The fourth-order valence-electron chi connectivity index (χ4n) is 2.18. The van der Waals surface area contributed by atoms with Gasteiger partial charge in [-0.15, -0.1) is 0 Å². The predicted molar refractivity (Wildman–Crippen MR) is 79.7 cm³/mol. The van der Waals surface area contributed by atoms with E-state index in [9.17, 15) is 9.59 Å². The highest BCUT2D eigenvalue weighted by molar-refractivity contribution is 9.10. The first-order chi connectivity index (χ1) is 9.24. The fraction of sp³-hybridized carbons (Fsp3) is 0.467. The quantitative estimate of drug-likeness (QED) is 0.855. The van der Waals surface area contributed by atoms with Gasteiger partial charge in [0.15, 0.2) is 5.78 Å². The highest BCUT2D eigenvalue weighted by Gasteiger charge is 2.29. The number of fused-ring (bicyclic) bond motifs is 1. The molecule has 0 saturated heterocycles. The summed E-state index contributed by atoms with van der Waals surface area (Å²) in [6.45, 7) is 5.38. The van der Waals surface area contributed by atoms with Crippen LogP contribution in [0.5, 0.6) is 0 Å². The van der Waals surface area contributed by atoms with E-state index in [1.807, 2.05) is 18.2 Å². The molecule has 0 fully saturated rings. The molecule has 0 aromatic heterocycles. The minimum Gasteiger partial charge on any atom is -0.444 e. The number of hydrogen-bond donors (Lipinski definition) is 1. The molecule has 1 aliphatic carbocycles. The van der Waals surface area contributed by atoms with Crippen LogP contribution in [-0.2, 0) is 22.4 Å². The molecular formula is C15H18BrNO3. The number of rotatable bonds is 1. The van der Waals surface area contributed by atoms with Gasteiger partial charge in [0.1, 0.15) is 5.60 Å². The lowest BCUT2D eigenvalue weighted by Crippen LogP contribution is -2.47. The lowest BCUT2D eigenvalue weighted by Gasteiger charge is -2.26. The van der Waals surface area contributed by atoms with E-state index in [-0.39, 0.29) is 5.78 Å². The maximum absolute atomic E-state index is 12.1. The Morgan fingerprint density at radius 3 is 2.70 bits per heavy atom. The van der Waals surface area contributed by atoms with Gasteiger partial charge in [-0.2, -0.15) is 0 Å². The van der Waals surface area contributed by atoms with Crippen LogP contribution >= 0.6 is 15.9 Å². The van der Waals surface area contributed by atoms with Crippen molar-refractivity contribution < 1.29 is 14.3 Å². The third-order valence-corrected chi connectivity index (χ3v) is 3.53. The van der Waals surface area contributed by atoms with Crippen LogP contribution in [0.15, 0.2) is 22.7 Å². The summed E-state index contributed by atoms with van der Waals surface area (Å²) in [5.41, 5.74) is 1.54. The minimum atomic E-state index is -0.567. The zero-order valence-corrected chi connectivity index (χ0v) is 13.4. The topological polar surface area (TPSA) is 55.4 Å². The van der Waals surface area contributed by atoms with Gasteiger partial charge in [0.2, 0.25) is 0 Å². The fourth-order valence-corrected chi connectivity index (χ4v) is 2.59. The van der Waals surface area contributed by atoms with E-state index < -0.39 is 17.7 Å². The lowest BCUT2D eigenvalue weighted by atomic mass is 9.87. The zero-order chi connectivity index (χ0) is 14.9. The Balaban J connectivity index is 2.07. The number of hydrogen-bond acceptors (Lipinski definition) is 3. The summed E-state index contributed by atoms with van der Waals surface area (Å²) in [5, 5.41) is 2.66. The third-order valence-electron chi connectivity index (χ3n) is 3.04. The largest absolute Gasteiger partial charge is 0.444 e. The molecule has 0 saturated carbocycles. The Kier molecular flexibility index (Phi) is 4.18. The molecule has 108 valence electrons. The number of Topliss-reactive ketones (excluding diaryl/α,β-unsaturated/α-hetero) is 1. The molecule has 1 N–H and O–H groups in total. The second-order valence-corrected chi connectivity index (χ2v) is 6.87. The Morgan fingerprint density at radius 1 is 1.35 bits per heavy atom. The van der Waals surface area contributed by atoms with Gasteiger partial charge in [-0.25, -0.2) is 4.79 Å². The Morgan fingerprint density at radius 2 is 2.05 bits per heavy atom. The van der Waals surface area contributed by atoms with Gasteiger partial charge in [0.25, 0.3) is 0 Å². The van der Waals surface area contributed by atoms with E-state index in [4.69, 9.17) is 4.74 Å². The smallest absolute Gasteiger partial charge is 0.408 e. The first-order valence-electron chi connectivity index (χ1n) is 6.54. The Bertz CT molecular complexity index is 549. The van der Waals surface area contributed by atoms with Crippen LogP contribution in [0, 0.1) is 0 Å². The van der Waals surface area contributed by atoms with Gasteiger partial charge in [0, 0.05) is 17.3 Å². The van der Waals surface area contributed by atoms with E-state index in [0.29, 0.717) is 12.8 Å². The second-order valence-electron chi connectivity index (χ2n) is 5.96. The summed E-state index contributed by atoms with van der Waals surface area (Å²) in [5.74, 6) is 0.0191. The van der Waals surface area contributed by atoms with Crippen LogP contribution < -0.4 is 5.32 Å². The average Bonchev–Trinajstić information content (AvgIpc) is 2.28. The highest BCUT2D eigenvalue weighted by Crippen LogP contribution is 2.23. The van der Waals surface area contributed by atoms with Crippen molar-refractivity contribution in [3.63, 3.8) is 0 Å². The Hall–Kier alpha value is -1.36. The van der Waals surface area contributed by atoms with Crippen molar-refractivity contribution in [2.24, 2.45) is 0 Å². The minimum absolute atomic E-state index is 0.0191. The molecule has 0 heterocycles. The summed E-state index contributed by atoms with van der Waals surface area (Å²) in [6.07, 6.45) is 0.310. The van der Waals surface area contributed by atoms with Crippen LogP contribution in [0.4, 0.5) is 4.79 Å². The summed E-state index contributed by atoms with van der Waals surface area (Å²) < 4.78 is 6.16. The van der Waals surface area contributed by atoms with E-state index in [1.165, 1.54) is 0 Å². The van der Waals surface area contributed by atoms with E-state index >= 15 is 0 Å². The van der Waals surface area contributed by atoms with Crippen molar-refractivity contribution in [3.05, 3.63) is 33.8 Å². The molecule has 5 heteroatoms. The van der Waals surface area contributed by atoms with Crippen molar-refractivity contribution in [1.29, 1.82) is 0 Å². The first-order valence-corrected chi connectivity index (χ1v) is 7.33. The highest BCUT2D eigenvalue weighted by atomic mass is 79.9. The predicted octanol–water partition coefficient (Wildman–Crippen LogP) is 3.01. The molecule has 1 aromatic carbocycles. The maximum Gasteiger partial charge on any atom is 0.408 e. The molecule has 1 atom stereocenters. The molecule has 0 radical (unpaired) electrons. The third kappa shape index (κ3) is 3.82. The summed E-state index contributed by atoms with van der Waals surface area (Å²) in [4.78, 5) is 23.8. The number of benzene rings is 1. The molecule has 2 rings (SSSR count). The molecule has 0 unspecified atom stereocenters. The van der Waals surface area contributed by atoms with Gasteiger partial charge < -0.3 is 10.1 Å². The first kappa shape index (κ1) is 15.0. The van der Waals surface area contributed by atoms with Crippen molar-refractivity contribution in [3.8, 4) is 0 Å². The van der Waals surface area contributed by atoms with Gasteiger partial charge in [-0.05, 0) is 44.0 Å². The number of alkyl carbamates (subject to hydrolysis) is 1. The number of ketones is 1. The normalized spacial score (nSPS) is 18.4. The van der Waals surface area contributed by atoms with Crippen LogP contribution in [-0.4, -0.2) is 23.5 Å². The monoisotopic (exact) mass is 339 g/mol. The van der Waals surface area contributed by atoms with Crippen LogP contribution in [0.1, 0.15) is 31.9 Å². The average molecular weight is 340 g/mol. The van der Waals surface area contributed by atoms with Crippen LogP contribution in [0.3, 0.4) is 0 Å². The van der Waals surface area contributed by atoms with Crippen molar-refractivity contribution >= 4 is 27.8 Å². The molecule has 1 amide bonds. The van der Waals surface area contributed by atoms with E-state index in [2.05, 4.69) is 21.2 Å². The summed E-state index contributed by atoms with van der Waals surface area (Å²) in [7, 11) is 0. The SMILES string of the molecule is CC(C)(C)OC(=O)N[C@H]1Cc2cc(Br)ccc2CC1=O. The number of ether oxygens (including phenoxy) is 1. The van der Waals surface area contributed by atoms with Gasteiger partial charge in [-0.1, -0.05) is 22.0 Å². The number of amides is 1. The number of halogens is 1. The number of carbonyl (C=O) groups excluding carboxylic acids is 2. The molecule has 1 aromatic rings. The van der Waals surface area contributed by atoms with Gasteiger partial charge >= 0.3 is 6.09 Å². The van der Waals surface area contributed by atoms with Gasteiger partial charge in [0.05, 0.1) is 6.04 Å². The molecule has 0 spiro atoms. The van der Waals surface area contributed by atoms with E-state index in [0.717, 1.165) is 15.6 Å². The van der Waals surface area contributed by atoms with Crippen molar-refractivity contribution in [2.75, 3.05) is 0 Å². The van der Waals surface area contributed by atoms with E-state index in [1.54, 1.807) is 20.8 Å². The lowest BCUT2D eigenvalue weighted by molar-refractivity contribution is -0.120. The molecule has 20 heavy (non-hydrogen) atoms. The van der Waals surface area contributed by atoms with Crippen molar-refractivity contribution in [1.82, 2.24) is 5.32 Å². The summed E-state index contributed by atoms with van der Waals surface area (Å²) in [6, 6.07) is 5.35. The molecule has 4 nitrogen and oxygen atoms in total. The number of nitrogens with one attached hydrogen (secondary N) is 1. The molecular weight excluding hydrogens is 322 g/mol. The maximum atomic E-state index is 12.1. The number of carbonyl (C=O) groups is 2. The molecule has 1 aliphatic rings. The van der Waals surface area contributed by atoms with Gasteiger partial charge in [-0.3, -0.25) is 4.79 Å². The van der Waals surface area contributed by atoms with Crippen molar-refractivity contribution in [2.45, 2.75) is 45.3 Å².